The van der Waals surface area contributed by atoms with E-state index in [9.17, 15) is 4.79 Å². The van der Waals surface area contributed by atoms with Gasteiger partial charge in [0.1, 0.15) is 0 Å². The van der Waals surface area contributed by atoms with Crippen LogP contribution in [0.15, 0.2) is 0 Å². The molecule has 82 valence electrons. The van der Waals surface area contributed by atoms with Crippen LogP contribution in [0.1, 0.15) is 32.6 Å². The average Bonchev–Trinajstić information content (AvgIpc) is 2.20. The van der Waals surface area contributed by atoms with Crippen LogP contribution in [0.5, 0.6) is 0 Å². The molecule has 1 aliphatic carbocycles. The number of aliphatic hydroxyl groups is 2. The van der Waals surface area contributed by atoms with E-state index in [4.69, 9.17) is 10.2 Å². The molecule has 0 aromatic rings. The highest BCUT2D eigenvalue weighted by atomic mass is 16.3. The molecular weight excluding hydrogens is 182 g/mol. The molecule has 14 heavy (non-hydrogen) atoms. The number of nitrogens with one attached hydrogen (secondary N) is 1. The van der Waals surface area contributed by atoms with Crippen molar-refractivity contribution >= 4 is 5.91 Å². The summed E-state index contributed by atoms with van der Waals surface area (Å²) in [6.45, 7) is 1.70. The normalized spacial score (nSPS) is 29.6. The zero-order valence-electron chi connectivity index (χ0n) is 8.57. The number of amides is 1. The molecule has 1 atom stereocenters. The molecule has 0 heterocycles. The van der Waals surface area contributed by atoms with Gasteiger partial charge >= 0.3 is 0 Å². The number of rotatable bonds is 3. The number of carbonyl (C=O) groups excluding carboxylic acids is 1. The van der Waals surface area contributed by atoms with Crippen molar-refractivity contribution in [3.8, 4) is 0 Å². The number of hydrogen-bond acceptors (Lipinski definition) is 3. The Morgan fingerprint density at radius 2 is 2.00 bits per heavy atom. The molecule has 0 aromatic carbocycles. The first-order valence-electron chi connectivity index (χ1n) is 5.22. The van der Waals surface area contributed by atoms with Gasteiger partial charge in [0.05, 0.1) is 6.61 Å². The van der Waals surface area contributed by atoms with Gasteiger partial charge in [-0.2, -0.15) is 0 Å². The highest BCUT2D eigenvalue weighted by Crippen LogP contribution is 2.23. The predicted molar refractivity (Wildman–Crippen MR) is 52.7 cm³/mol. The van der Waals surface area contributed by atoms with E-state index in [1.54, 1.807) is 0 Å². The van der Waals surface area contributed by atoms with Crippen molar-refractivity contribution in [2.45, 2.75) is 44.8 Å². The minimum Gasteiger partial charge on any atom is -0.393 e. The zero-order chi connectivity index (χ0) is 10.6. The van der Waals surface area contributed by atoms with Crippen LogP contribution in [0.25, 0.3) is 0 Å². The predicted octanol–water partition coefficient (Wildman–Crippen LogP) is 0.0345. The van der Waals surface area contributed by atoms with Crippen molar-refractivity contribution in [3.63, 3.8) is 0 Å². The van der Waals surface area contributed by atoms with Crippen LogP contribution in [0.3, 0.4) is 0 Å². The van der Waals surface area contributed by atoms with E-state index >= 15 is 0 Å². The van der Waals surface area contributed by atoms with Crippen molar-refractivity contribution in [3.05, 3.63) is 0 Å². The highest BCUT2D eigenvalue weighted by Gasteiger charge is 2.22. The third-order valence-corrected chi connectivity index (χ3v) is 2.84. The Bertz CT molecular complexity index is 188. The molecule has 1 amide bonds. The summed E-state index contributed by atoms with van der Waals surface area (Å²) in [6.07, 6.45) is 2.94. The molecule has 1 fully saturated rings. The van der Waals surface area contributed by atoms with Crippen molar-refractivity contribution in [1.29, 1.82) is 0 Å². The summed E-state index contributed by atoms with van der Waals surface area (Å²) in [5, 5.41) is 20.4. The molecule has 0 saturated heterocycles. The van der Waals surface area contributed by atoms with Crippen molar-refractivity contribution < 1.29 is 15.0 Å². The van der Waals surface area contributed by atoms with Crippen molar-refractivity contribution in [2.75, 3.05) is 6.61 Å². The third-order valence-electron chi connectivity index (χ3n) is 2.84. The fourth-order valence-corrected chi connectivity index (χ4v) is 1.78. The highest BCUT2D eigenvalue weighted by molar-refractivity contribution is 5.80. The van der Waals surface area contributed by atoms with Gasteiger partial charge in [0.2, 0.25) is 0 Å². The molecule has 0 bridgehead atoms. The smallest absolute Gasteiger partial charge is 0.251 e. The molecule has 1 rings (SSSR count). The average molecular weight is 201 g/mol. The summed E-state index contributed by atoms with van der Waals surface area (Å²) in [5.41, 5.74) is 0. The van der Waals surface area contributed by atoms with E-state index in [-0.39, 0.29) is 6.04 Å². The molecule has 0 aromatic heterocycles. The Morgan fingerprint density at radius 1 is 1.43 bits per heavy atom. The molecular formula is C10H19NO3. The summed E-state index contributed by atoms with van der Waals surface area (Å²) >= 11 is 0. The lowest BCUT2D eigenvalue weighted by molar-refractivity contribution is -0.132. The van der Waals surface area contributed by atoms with E-state index in [0.29, 0.717) is 0 Å². The van der Waals surface area contributed by atoms with Crippen LogP contribution in [0.4, 0.5) is 0 Å². The van der Waals surface area contributed by atoms with Crippen molar-refractivity contribution in [2.24, 2.45) is 5.92 Å². The van der Waals surface area contributed by atoms with E-state index in [0.717, 1.165) is 31.6 Å². The summed E-state index contributed by atoms with van der Waals surface area (Å²) in [6, 6.07) is 0.180. The second-order valence-electron chi connectivity index (χ2n) is 4.16. The Hall–Kier alpha value is -0.610. The summed E-state index contributed by atoms with van der Waals surface area (Å²) in [7, 11) is 0. The number of hydrogen-bond donors (Lipinski definition) is 3. The molecule has 4 nitrogen and oxygen atoms in total. The van der Waals surface area contributed by atoms with Gasteiger partial charge in [0.25, 0.3) is 5.91 Å². The van der Waals surface area contributed by atoms with Crippen molar-refractivity contribution in [1.82, 2.24) is 5.32 Å². The Kier molecular flexibility index (Phi) is 4.35. The van der Waals surface area contributed by atoms with Gasteiger partial charge < -0.3 is 15.5 Å². The lowest BCUT2D eigenvalue weighted by Gasteiger charge is -2.27. The van der Waals surface area contributed by atoms with Gasteiger partial charge in [-0.3, -0.25) is 4.79 Å². The maximum absolute atomic E-state index is 11.2. The molecule has 3 N–H and O–H groups in total. The minimum absolute atomic E-state index is 0.180. The van der Waals surface area contributed by atoms with Crippen LogP contribution in [-0.4, -0.2) is 34.9 Å². The van der Waals surface area contributed by atoms with E-state index in [2.05, 4.69) is 12.2 Å². The maximum Gasteiger partial charge on any atom is 0.251 e. The molecule has 1 unspecified atom stereocenters. The quantitative estimate of drug-likeness (QED) is 0.603. The lowest BCUT2D eigenvalue weighted by Crippen LogP contribution is -2.44. The Labute approximate surface area is 84.3 Å². The van der Waals surface area contributed by atoms with Gasteiger partial charge in [-0.05, 0) is 31.6 Å². The Morgan fingerprint density at radius 3 is 2.50 bits per heavy atom. The van der Waals surface area contributed by atoms with Gasteiger partial charge in [0, 0.05) is 6.04 Å². The monoisotopic (exact) mass is 201 g/mol. The standard InChI is InChI=1S/C10H19NO3/c1-7-2-4-8(5-3-7)11-10(14)9(13)6-12/h7-9,12-13H,2-6H2,1H3,(H,11,14). The number of carbonyl (C=O) groups is 1. The van der Waals surface area contributed by atoms with E-state index in [1.165, 1.54) is 0 Å². The zero-order valence-corrected chi connectivity index (χ0v) is 8.57. The molecule has 4 heteroatoms. The lowest BCUT2D eigenvalue weighted by atomic mass is 9.87. The molecule has 0 spiro atoms. The van der Waals surface area contributed by atoms with Crippen LogP contribution < -0.4 is 5.32 Å². The van der Waals surface area contributed by atoms with Gasteiger partial charge in [-0.25, -0.2) is 0 Å². The topological polar surface area (TPSA) is 69.6 Å². The van der Waals surface area contributed by atoms with Crippen LogP contribution in [0, 0.1) is 5.92 Å². The fourth-order valence-electron chi connectivity index (χ4n) is 1.78. The first kappa shape index (κ1) is 11.5. The van der Waals surface area contributed by atoms with E-state index in [1.807, 2.05) is 0 Å². The summed E-state index contributed by atoms with van der Waals surface area (Å²) < 4.78 is 0. The Balaban J connectivity index is 2.27. The van der Waals surface area contributed by atoms with Crippen LogP contribution in [0.2, 0.25) is 0 Å². The number of aliphatic hydroxyl groups excluding tert-OH is 2. The fraction of sp³-hybridized carbons (Fsp3) is 0.900. The summed E-state index contributed by atoms with van der Waals surface area (Å²) in [5.74, 6) is 0.290. The van der Waals surface area contributed by atoms with Crippen LogP contribution in [-0.2, 0) is 4.79 Å². The SMILES string of the molecule is CC1CCC(NC(=O)C(O)CO)CC1. The van der Waals surface area contributed by atoms with Gasteiger partial charge in [-0.1, -0.05) is 6.92 Å². The molecule has 0 radical (unpaired) electrons. The second-order valence-corrected chi connectivity index (χ2v) is 4.16. The van der Waals surface area contributed by atoms with Gasteiger partial charge in [0.15, 0.2) is 6.10 Å². The maximum atomic E-state index is 11.2. The molecule has 0 aliphatic heterocycles. The molecule has 1 saturated carbocycles. The largest absolute Gasteiger partial charge is 0.393 e. The summed E-state index contributed by atoms with van der Waals surface area (Å²) in [4.78, 5) is 11.2. The first-order chi connectivity index (χ1) is 6.63. The first-order valence-corrected chi connectivity index (χ1v) is 5.22. The van der Waals surface area contributed by atoms with E-state index < -0.39 is 18.6 Å². The second kappa shape index (κ2) is 5.32. The van der Waals surface area contributed by atoms with Gasteiger partial charge in [-0.15, -0.1) is 0 Å². The molecule has 1 aliphatic rings. The third kappa shape index (κ3) is 3.27. The van der Waals surface area contributed by atoms with Crippen LogP contribution >= 0.6 is 0 Å². The minimum atomic E-state index is -1.27.